The van der Waals surface area contributed by atoms with Crippen LogP contribution in [0.15, 0.2) is 23.5 Å². The Labute approximate surface area is 84.8 Å². The Hall–Kier alpha value is -1.38. The Kier molecular flexibility index (Phi) is 4.11. The lowest BCUT2D eigenvalue weighted by Gasteiger charge is -2.02. The van der Waals surface area contributed by atoms with Gasteiger partial charge in [-0.1, -0.05) is 25.1 Å². The predicted octanol–water partition coefficient (Wildman–Crippen LogP) is 2.40. The second-order valence-electron chi connectivity index (χ2n) is 2.98. The molecule has 0 bridgehead atoms. The van der Waals surface area contributed by atoms with Gasteiger partial charge in [0.15, 0.2) is 0 Å². The zero-order valence-electron chi connectivity index (χ0n) is 8.95. The molecule has 0 aliphatic heterocycles. The van der Waals surface area contributed by atoms with Gasteiger partial charge in [-0.15, -0.1) is 0 Å². The first-order chi connectivity index (χ1) is 6.81. The molecule has 1 rings (SSSR count). The Bertz CT molecular complexity index is 304. The van der Waals surface area contributed by atoms with Crippen LogP contribution in [-0.4, -0.2) is 17.8 Å². The second kappa shape index (κ2) is 5.37. The standard InChI is InChI=1S/C11H16N2O/c1-4-9-6-7-11(12-8-9)10(5-2)13-14-3/h6-8H,4-5H2,1-3H3. The predicted molar refractivity (Wildman–Crippen MR) is 57.5 cm³/mol. The highest BCUT2D eigenvalue weighted by Crippen LogP contribution is 2.04. The third-order valence-electron chi connectivity index (χ3n) is 2.07. The average molecular weight is 192 g/mol. The minimum absolute atomic E-state index is 0.826. The summed E-state index contributed by atoms with van der Waals surface area (Å²) >= 11 is 0. The van der Waals surface area contributed by atoms with Crippen molar-refractivity contribution in [2.24, 2.45) is 5.16 Å². The van der Waals surface area contributed by atoms with Gasteiger partial charge in [0.25, 0.3) is 0 Å². The van der Waals surface area contributed by atoms with Crippen LogP contribution in [0.4, 0.5) is 0 Å². The van der Waals surface area contributed by atoms with E-state index in [0.717, 1.165) is 24.2 Å². The number of rotatable bonds is 4. The number of hydrogen-bond donors (Lipinski definition) is 0. The van der Waals surface area contributed by atoms with Crippen molar-refractivity contribution in [3.8, 4) is 0 Å². The number of aryl methyl sites for hydroxylation is 1. The fourth-order valence-electron chi connectivity index (χ4n) is 1.21. The lowest BCUT2D eigenvalue weighted by atomic mass is 10.1. The Morgan fingerprint density at radius 1 is 1.43 bits per heavy atom. The van der Waals surface area contributed by atoms with Crippen molar-refractivity contribution < 1.29 is 4.84 Å². The van der Waals surface area contributed by atoms with Crippen molar-refractivity contribution in [2.45, 2.75) is 26.7 Å². The molecule has 0 amide bonds. The zero-order valence-corrected chi connectivity index (χ0v) is 8.95. The van der Waals surface area contributed by atoms with E-state index >= 15 is 0 Å². The van der Waals surface area contributed by atoms with Gasteiger partial charge in [-0.3, -0.25) is 4.98 Å². The van der Waals surface area contributed by atoms with E-state index in [4.69, 9.17) is 4.84 Å². The molecular formula is C11H16N2O. The van der Waals surface area contributed by atoms with Crippen LogP contribution in [0.2, 0.25) is 0 Å². The number of aromatic nitrogens is 1. The third kappa shape index (κ3) is 2.55. The molecule has 1 aromatic rings. The molecule has 3 nitrogen and oxygen atoms in total. The summed E-state index contributed by atoms with van der Waals surface area (Å²) in [6.07, 6.45) is 3.72. The van der Waals surface area contributed by atoms with Crippen molar-refractivity contribution >= 4 is 5.71 Å². The van der Waals surface area contributed by atoms with Crippen molar-refractivity contribution in [1.29, 1.82) is 0 Å². The van der Waals surface area contributed by atoms with Crippen molar-refractivity contribution in [3.05, 3.63) is 29.6 Å². The highest BCUT2D eigenvalue weighted by Gasteiger charge is 2.02. The number of nitrogens with zero attached hydrogens (tertiary/aromatic N) is 2. The first-order valence-electron chi connectivity index (χ1n) is 4.87. The number of pyridine rings is 1. The maximum absolute atomic E-state index is 4.75. The molecule has 0 fully saturated rings. The molecule has 0 aliphatic rings. The van der Waals surface area contributed by atoms with Gasteiger partial charge in [0, 0.05) is 6.20 Å². The van der Waals surface area contributed by atoms with E-state index < -0.39 is 0 Å². The fraction of sp³-hybridized carbons (Fsp3) is 0.455. The van der Waals surface area contributed by atoms with Crippen LogP contribution in [0.5, 0.6) is 0 Å². The molecule has 0 atom stereocenters. The zero-order chi connectivity index (χ0) is 10.4. The van der Waals surface area contributed by atoms with Crippen LogP contribution in [0.3, 0.4) is 0 Å². The third-order valence-corrected chi connectivity index (χ3v) is 2.07. The molecule has 0 aliphatic carbocycles. The highest BCUT2D eigenvalue weighted by molar-refractivity contribution is 5.98. The SMILES string of the molecule is CCC(=NOC)c1ccc(CC)cn1. The topological polar surface area (TPSA) is 34.5 Å². The summed E-state index contributed by atoms with van der Waals surface area (Å²) in [4.78, 5) is 9.08. The lowest BCUT2D eigenvalue weighted by molar-refractivity contribution is 0.213. The fourth-order valence-corrected chi connectivity index (χ4v) is 1.21. The number of hydrogen-bond acceptors (Lipinski definition) is 3. The van der Waals surface area contributed by atoms with Gasteiger partial charge in [-0.25, -0.2) is 0 Å². The van der Waals surface area contributed by atoms with Gasteiger partial charge in [0.1, 0.15) is 12.8 Å². The van der Waals surface area contributed by atoms with Gasteiger partial charge in [-0.2, -0.15) is 0 Å². The molecule has 76 valence electrons. The summed E-state index contributed by atoms with van der Waals surface area (Å²) in [6, 6.07) is 4.06. The first kappa shape index (κ1) is 10.7. The molecule has 0 unspecified atom stereocenters. The van der Waals surface area contributed by atoms with Crippen LogP contribution < -0.4 is 0 Å². The molecule has 1 heterocycles. The molecule has 0 N–H and O–H groups in total. The van der Waals surface area contributed by atoms with Gasteiger partial charge in [0.05, 0.1) is 5.69 Å². The quantitative estimate of drug-likeness (QED) is 0.542. The van der Waals surface area contributed by atoms with Gasteiger partial charge in [0.2, 0.25) is 0 Å². The smallest absolute Gasteiger partial charge is 0.106 e. The van der Waals surface area contributed by atoms with E-state index in [1.165, 1.54) is 5.56 Å². The molecule has 0 aromatic carbocycles. The number of oxime groups is 1. The first-order valence-corrected chi connectivity index (χ1v) is 4.87. The van der Waals surface area contributed by atoms with E-state index in [2.05, 4.69) is 23.1 Å². The van der Waals surface area contributed by atoms with E-state index in [-0.39, 0.29) is 0 Å². The minimum Gasteiger partial charge on any atom is -0.399 e. The van der Waals surface area contributed by atoms with Gasteiger partial charge >= 0.3 is 0 Å². The molecule has 14 heavy (non-hydrogen) atoms. The van der Waals surface area contributed by atoms with Crippen LogP contribution in [0.25, 0.3) is 0 Å². The van der Waals surface area contributed by atoms with Crippen molar-refractivity contribution in [1.82, 2.24) is 4.98 Å². The summed E-state index contributed by atoms with van der Waals surface area (Å²) in [5.74, 6) is 0. The van der Waals surface area contributed by atoms with E-state index in [0.29, 0.717) is 0 Å². The molecule has 0 radical (unpaired) electrons. The Morgan fingerprint density at radius 2 is 2.21 bits per heavy atom. The largest absolute Gasteiger partial charge is 0.399 e. The molecular weight excluding hydrogens is 176 g/mol. The summed E-state index contributed by atoms with van der Waals surface area (Å²) in [7, 11) is 1.55. The summed E-state index contributed by atoms with van der Waals surface area (Å²) in [5.41, 5.74) is 3.02. The maximum atomic E-state index is 4.75. The van der Waals surface area contributed by atoms with E-state index in [1.54, 1.807) is 7.11 Å². The molecule has 0 saturated carbocycles. The highest BCUT2D eigenvalue weighted by atomic mass is 16.6. The summed E-state index contributed by atoms with van der Waals surface area (Å²) < 4.78 is 0. The molecule has 1 aromatic heterocycles. The minimum atomic E-state index is 0.826. The molecule has 0 saturated heterocycles. The Balaban J connectivity index is 2.89. The molecule has 0 spiro atoms. The van der Waals surface area contributed by atoms with E-state index in [1.807, 2.05) is 19.2 Å². The monoisotopic (exact) mass is 192 g/mol. The van der Waals surface area contributed by atoms with Gasteiger partial charge in [-0.05, 0) is 24.5 Å². The lowest BCUT2D eigenvalue weighted by Crippen LogP contribution is -2.02. The maximum Gasteiger partial charge on any atom is 0.106 e. The van der Waals surface area contributed by atoms with Crippen LogP contribution in [0.1, 0.15) is 31.5 Å². The second-order valence-corrected chi connectivity index (χ2v) is 2.98. The van der Waals surface area contributed by atoms with Crippen LogP contribution in [0, 0.1) is 0 Å². The summed E-state index contributed by atoms with van der Waals surface area (Å²) in [6.45, 7) is 4.15. The van der Waals surface area contributed by atoms with Gasteiger partial charge < -0.3 is 4.84 Å². The summed E-state index contributed by atoms with van der Waals surface area (Å²) in [5, 5.41) is 3.92. The van der Waals surface area contributed by atoms with Crippen LogP contribution >= 0.6 is 0 Å². The average Bonchev–Trinajstić information content (AvgIpc) is 2.26. The van der Waals surface area contributed by atoms with Crippen LogP contribution in [-0.2, 0) is 11.3 Å². The van der Waals surface area contributed by atoms with Crippen molar-refractivity contribution in [3.63, 3.8) is 0 Å². The Morgan fingerprint density at radius 3 is 2.64 bits per heavy atom. The normalized spacial score (nSPS) is 11.5. The van der Waals surface area contributed by atoms with E-state index in [9.17, 15) is 0 Å². The van der Waals surface area contributed by atoms with Crippen molar-refractivity contribution in [2.75, 3.05) is 7.11 Å². The molecule has 3 heteroatoms.